The summed E-state index contributed by atoms with van der Waals surface area (Å²) >= 11 is 6.24. The molecular weight excluding hydrogens is 528 g/mol. The predicted octanol–water partition coefficient (Wildman–Crippen LogP) is 4.46. The zero-order chi connectivity index (χ0) is 27.1. The fourth-order valence-electron chi connectivity index (χ4n) is 6.76. The van der Waals surface area contributed by atoms with Crippen molar-refractivity contribution in [1.29, 1.82) is 0 Å². The number of nitrogens with one attached hydrogen (secondary N) is 2. The number of sulfonamides is 1. The van der Waals surface area contributed by atoms with Crippen LogP contribution < -0.4 is 14.8 Å². The van der Waals surface area contributed by atoms with Gasteiger partial charge in [0.25, 0.3) is 5.91 Å². The van der Waals surface area contributed by atoms with Crippen molar-refractivity contribution in [3.05, 3.63) is 58.6 Å². The van der Waals surface area contributed by atoms with Gasteiger partial charge in [-0.25, -0.2) is 17.9 Å². The smallest absolute Gasteiger partial charge is 0.340 e. The second-order valence-corrected chi connectivity index (χ2v) is 13.1. The molecule has 6 rings (SSSR count). The van der Waals surface area contributed by atoms with Crippen LogP contribution in [-0.4, -0.2) is 39.0 Å². The van der Waals surface area contributed by atoms with E-state index in [0.29, 0.717) is 23.5 Å². The number of ether oxygens (including phenoxy) is 2. The van der Waals surface area contributed by atoms with Gasteiger partial charge in [0.1, 0.15) is 5.75 Å². The number of carbonyl (C=O) groups excluding carboxylic acids is 2. The third-order valence-corrected chi connectivity index (χ3v) is 10.0. The van der Waals surface area contributed by atoms with Gasteiger partial charge >= 0.3 is 5.97 Å². The molecule has 0 heterocycles. The Kier molecular flexibility index (Phi) is 7.46. The predicted molar refractivity (Wildman–Crippen MR) is 142 cm³/mol. The molecule has 4 aliphatic carbocycles. The van der Waals surface area contributed by atoms with Gasteiger partial charge in [0, 0.05) is 12.1 Å². The highest BCUT2D eigenvalue weighted by molar-refractivity contribution is 7.89. The molecule has 4 saturated carbocycles. The highest BCUT2D eigenvalue weighted by Crippen LogP contribution is 2.56. The van der Waals surface area contributed by atoms with Gasteiger partial charge in [-0.15, -0.1) is 0 Å². The quantitative estimate of drug-likeness (QED) is 0.438. The zero-order valence-corrected chi connectivity index (χ0v) is 23.1. The Labute approximate surface area is 228 Å². The Morgan fingerprint density at radius 2 is 1.63 bits per heavy atom. The second kappa shape index (κ2) is 10.5. The molecule has 8 nitrogen and oxygen atoms in total. The van der Waals surface area contributed by atoms with Gasteiger partial charge in [-0.1, -0.05) is 23.7 Å². The number of hydrogen-bond acceptors (Lipinski definition) is 6. The molecule has 1 atom stereocenters. The molecule has 4 fully saturated rings. The van der Waals surface area contributed by atoms with Gasteiger partial charge in [0.05, 0.1) is 22.6 Å². The zero-order valence-electron chi connectivity index (χ0n) is 21.5. The first-order valence-electron chi connectivity index (χ1n) is 13.0. The minimum absolute atomic E-state index is 0.0406. The van der Waals surface area contributed by atoms with Gasteiger partial charge in [-0.3, -0.25) is 4.79 Å². The van der Waals surface area contributed by atoms with E-state index < -0.39 is 33.5 Å². The largest absolute Gasteiger partial charge is 0.497 e. The molecular formula is C28H33ClN2O6S. The standard InChI is InChI=1S/C28H33ClN2O6S/c1-17(26(32)30-16-18-3-5-22(36-2)6-4-18)37-27(33)24-12-23(7-8-25(24)29)38(34,35)31-28-13-19-9-20(14-28)11-21(10-19)15-28/h3-8,12,17,19-21,31H,9-11,13-16H2,1-2H3,(H,30,32)/t17-,19?,20?,21?,28?/m0/s1. The number of methoxy groups -OCH3 is 1. The number of amides is 1. The van der Waals surface area contributed by atoms with E-state index in [9.17, 15) is 18.0 Å². The molecule has 10 heteroatoms. The molecule has 4 aliphatic rings. The normalized spacial score (nSPS) is 26.6. The topological polar surface area (TPSA) is 111 Å². The van der Waals surface area contributed by atoms with E-state index in [1.807, 2.05) is 12.1 Å². The summed E-state index contributed by atoms with van der Waals surface area (Å²) in [5.74, 6) is 1.09. The molecule has 0 radical (unpaired) electrons. The van der Waals surface area contributed by atoms with Gasteiger partial charge in [-0.05, 0) is 99.1 Å². The van der Waals surface area contributed by atoms with E-state index in [2.05, 4.69) is 10.0 Å². The highest BCUT2D eigenvalue weighted by atomic mass is 35.5. The fraction of sp³-hybridized carbons (Fsp3) is 0.500. The SMILES string of the molecule is COc1ccc(CNC(=O)[C@H](C)OC(=O)c2cc(S(=O)(=O)NC34CC5CC(CC(C5)C3)C4)ccc2Cl)cc1. The number of esters is 1. The van der Waals surface area contributed by atoms with Crippen LogP contribution >= 0.6 is 11.6 Å². The Bertz CT molecular complexity index is 1290. The van der Waals surface area contributed by atoms with Crippen LogP contribution in [0.4, 0.5) is 0 Å². The summed E-state index contributed by atoms with van der Waals surface area (Å²) in [6.45, 7) is 1.69. The third kappa shape index (κ3) is 5.70. The minimum atomic E-state index is -3.89. The maximum absolute atomic E-state index is 13.4. The van der Waals surface area contributed by atoms with E-state index in [1.165, 1.54) is 44.4 Å². The van der Waals surface area contributed by atoms with Crippen LogP contribution in [0.15, 0.2) is 47.4 Å². The van der Waals surface area contributed by atoms with E-state index in [-0.39, 0.29) is 22.0 Å². The molecule has 2 N–H and O–H groups in total. The Morgan fingerprint density at radius 3 is 2.21 bits per heavy atom. The maximum atomic E-state index is 13.4. The van der Waals surface area contributed by atoms with Crippen molar-refractivity contribution in [2.24, 2.45) is 17.8 Å². The summed E-state index contributed by atoms with van der Waals surface area (Å²) in [5.41, 5.74) is 0.338. The van der Waals surface area contributed by atoms with Crippen LogP contribution in [0.25, 0.3) is 0 Å². The van der Waals surface area contributed by atoms with Crippen LogP contribution in [0.1, 0.15) is 61.4 Å². The van der Waals surface area contributed by atoms with Crippen LogP contribution in [0.3, 0.4) is 0 Å². The van der Waals surface area contributed by atoms with Crippen LogP contribution in [0.5, 0.6) is 5.75 Å². The van der Waals surface area contributed by atoms with Gasteiger partial charge in [0.15, 0.2) is 6.10 Å². The second-order valence-electron chi connectivity index (χ2n) is 11.1. The molecule has 2 aromatic carbocycles. The first-order chi connectivity index (χ1) is 18.1. The molecule has 0 aromatic heterocycles. The first-order valence-corrected chi connectivity index (χ1v) is 14.9. The van der Waals surface area contributed by atoms with Crippen molar-refractivity contribution in [2.45, 2.75) is 68.5 Å². The summed E-state index contributed by atoms with van der Waals surface area (Å²) in [5, 5.41) is 2.77. The molecule has 38 heavy (non-hydrogen) atoms. The first kappa shape index (κ1) is 27.0. The summed E-state index contributed by atoms with van der Waals surface area (Å²) in [7, 11) is -2.32. The van der Waals surface area contributed by atoms with Gasteiger partial charge in [-0.2, -0.15) is 0 Å². The van der Waals surface area contributed by atoms with E-state index >= 15 is 0 Å². The van der Waals surface area contributed by atoms with Crippen LogP contribution in [-0.2, 0) is 26.1 Å². The highest BCUT2D eigenvalue weighted by Gasteiger charge is 2.52. The lowest BCUT2D eigenvalue weighted by atomic mass is 9.53. The van der Waals surface area contributed by atoms with Crippen molar-refractivity contribution < 1.29 is 27.5 Å². The maximum Gasteiger partial charge on any atom is 0.340 e. The number of halogens is 1. The molecule has 0 aliphatic heterocycles. The number of hydrogen-bond donors (Lipinski definition) is 2. The summed E-state index contributed by atoms with van der Waals surface area (Å²) < 4.78 is 40.3. The Morgan fingerprint density at radius 1 is 1.03 bits per heavy atom. The lowest BCUT2D eigenvalue weighted by Gasteiger charge is -2.56. The fourth-order valence-corrected chi connectivity index (χ4v) is 8.41. The van der Waals surface area contributed by atoms with E-state index in [1.54, 1.807) is 19.2 Å². The lowest BCUT2D eigenvalue weighted by molar-refractivity contribution is -0.129. The van der Waals surface area contributed by atoms with E-state index in [4.69, 9.17) is 21.1 Å². The molecule has 4 bridgehead atoms. The van der Waals surface area contributed by atoms with Crippen molar-refractivity contribution in [1.82, 2.24) is 10.0 Å². The van der Waals surface area contributed by atoms with Crippen molar-refractivity contribution in [2.75, 3.05) is 7.11 Å². The average molecular weight is 561 g/mol. The minimum Gasteiger partial charge on any atom is -0.497 e. The Hall–Kier alpha value is -2.62. The summed E-state index contributed by atoms with van der Waals surface area (Å²) in [6.07, 6.45) is 5.08. The number of benzene rings is 2. The van der Waals surface area contributed by atoms with Crippen LogP contribution in [0, 0.1) is 17.8 Å². The van der Waals surface area contributed by atoms with Gasteiger partial charge < -0.3 is 14.8 Å². The summed E-state index contributed by atoms with van der Waals surface area (Å²) in [4.78, 5) is 25.4. The van der Waals surface area contributed by atoms with Crippen molar-refractivity contribution in [3.8, 4) is 5.75 Å². The van der Waals surface area contributed by atoms with E-state index in [0.717, 1.165) is 24.8 Å². The monoisotopic (exact) mass is 560 g/mol. The number of carbonyl (C=O) groups is 2. The Balaban J connectivity index is 1.23. The van der Waals surface area contributed by atoms with Crippen LogP contribution in [0.2, 0.25) is 5.02 Å². The van der Waals surface area contributed by atoms with Gasteiger partial charge in [0.2, 0.25) is 10.0 Å². The third-order valence-electron chi connectivity index (χ3n) is 8.14. The molecule has 0 spiro atoms. The van der Waals surface area contributed by atoms with Crippen molar-refractivity contribution >= 4 is 33.5 Å². The molecule has 0 saturated heterocycles. The molecule has 1 amide bonds. The molecule has 0 unspecified atom stereocenters. The van der Waals surface area contributed by atoms with Crippen molar-refractivity contribution in [3.63, 3.8) is 0 Å². The lowest BCUT2D eigenvalue weighted by Crippen LogP contribution is -2.59. The average Bonchev–Trinajstić information content (AvgIpc) is 2.86. The number of rotatable bonds is 9. The summed E-state index contributed by atoms with van der Waals surface area (Å²) in [6, 6.07) is 11.2. The molecule has 204 valence electrons. The molecule has 2 aromatic rings.